The third kappa shape index (κ3) is 3.11. The van der Waals surface area contributed by atoms with Crippen molar-refractivity contribution in [1.29, 1.82) is 5.26 Å². The van der Waals surface area contributed by atoms with Gasteiger partial charge in [-0.2, -0.15) is 15.5 Å². The summed E-state index contributed by atoms with van der Waals surface area (Å²) in [6.45, 7) is 0. The Bertz CT molecular complexity index is 1070. The number of hydrogen-bond acceptors (Lipinski definition) is 7. The van der Waals surface area contributed by atoms with Crippen molar-refractivity contribution in [2.24, 2.45) is 5.10 Å². The maximum Gasteiger partial charge on any atom is 0.251 e. The summed E-state index contributed by atoms with van der Waals surface area (Å²) < 4.78 is 6.90. The molecule has 0 saturated heterocycles. The van der Waals surface area contributed by atoms with Crippen molar-refractivity contribution in [2.75, 3.05) is 5.43 Å². The number of nitrogens with one attached hydrogen (secondary N) is 1. The Hall–Kier alpha value is -3.70. The predicted octanol–water partition coefficient (Wildman–Crippen LogP) is 3.91. The number of oxazole rings is 1. The quantitative estimate of drug-likeness (QED) is 0.430. The number of rotatable bonds is 5. The molecule has 126 valence electrons. The predicted molar refractivity (Wildman–Crippen MR) is 99.3 cm³/mol. The number of hydrogen-bond donors (Lipinski definition) is 1. The van der Waals surface area contributed by atoms with E-state index >= 15 is 0 Å². The Balaban J connectivity index is 1.67. The maximum absolute atomic E-state index is 8.95. The van der Waals surface area contributed by atoms with Gasteiger partial charge in [0.15, 0.2) is 6.39 Å². The second-order valence-corrected chi connectivity index (χ2v) is 6.15. The number of nitriles is 1. The number of anilines is 1. The van der Waals surface area contributed by atoms with Gasteiger partial charge in [-0.25, -0.2) is 15.1 Å². The standard InChI is InChI=1S/C18H12N6OS/c19-9-15-18(25-12-20-15)22-21-10-13-11-24(14-5-2-1-3-6-14)23-17(13)16-7-4-8-26-16/h1-8,10-12,22H/b21-10+. The molecule has 0 aliphatic carbocycles. The molecule has 0 unspecified atom stereocenters. The van der Waals surface area contributed by atoms with E-state index in [4.69, 9.17) is 14.8 Å². The van der Waals surface area contributed by atoms with E-state index in [1.807, 2.05) is 64.8 Å². The van der Waals surface area contributed by atoms with E-state index in [1.165, 1.54) is 6.39 Å². The van der Waals surface area contributed by atoms with Crippen LogP contribution in [-0.2, 0) is 0 Å². The van der Waals surface area contributed by atoms with Gasteiger partial charge in [0.1, 0.15) is 11.8 Å². The molecule has 7 nitrogen and oxygen atoms in total. The van der Waals surface area contributed by atoms with Gasteiger partial charge in [0.05, 0.1) is 16.8 Å². The average Bonchev–Trinajstić information content (AvgIpc) is 3.43. The van der Waals surface area contributed by atoms with E-state index in [2.05, 4.69) is 15.5 Å². The minimum absolute atomic E-state index is 0.153. The fourth-order valence-electron chi connectivity index (χ4n) is 2.37. The smallest absolute Gasteiger partial charge is 0.251 e. The maximum atomic E-state index is 8.95. The van der Waals surface area contributed by atoms with Crippen LogP contribution in [0.1, 0.15) is 11.3 Å². The van der Waals surface area contributed by atoms with Crippen LogP contribution >= 0.6 is 11.3 Å². The fraction of sp³-hybridized carbons (Fsp3) is 0. The zero-order valence-electron chi connectivity index (χ0n) is 13.4. The fourth-order valence-corrected chi connectivity index (χ4v) is 3.10. The van der Waals surface area contributed by atoms with Gasteiger partial charge in [-0.3, -0.25) is 0 Å². The lowest BCUT2D eigenvalue weighted by atomic mass is 10.2. The van der Waals surface area contributed by atoms with Crippen LogP contribution in [0.25, 0.3) is 16.3 Å². The van der Waals surface area contributed by atoms with E-state index in [1.54, 1.807) is 17.6 Å². The van der Waals surface area contributed by atoms with Gasteiger partial charge in [-0.05, 0) is 23.6 Å². The molecule has 26 heavy (non-hydrogen) atoms. The van der Waals surface area contributed by atoms with Gasteiger partial charge < -0.3 is 4.42 Å². The van der Waals surface area contributed by atoms with Crippen LogP contribution in [0.3, 0.4) is 0 Å². The van der Waals surface area contributed by atoms with Gasteiger partial charge in [-0.15, -0.1) is 11.3 Å². The van der Waals surface area contributed by atoms with Gasteiger partial charge >= 0.3 is 0 Å². The van der Waals surface area contributed by atoms with E-state index in [9.17, 15) is 0 Å². The molecule has 4 aromatic rings. The van der Waals surface area contributed by atoms with Crippen LogP contribution < -0.4 is 5.43 Å². The number of benzene rings is 1. The molecule has 3 aromatic heterocycles. The van der Waals surface area contributed by atoms with Crippen molar-refractivity contribution in [3.8, 4) is 22.3 Å². The van der Waals surface area contributed by atoms with E-state index in [0.717, 1.165) is 21.8 Å². The van der Waals surface area contributed by atoms with E-state index in [-0.39, 0.29) is 11.6 Å². The first-order chi connectivity index (χ1) is 12.8. The number of hydrazone groups is 1. The Morgan fingerprint density at radius 1 is 1.23 bits per heavy atom. The molecule has 0 bridgehead atoms. The van der Waals surface area contributed by atoms with Gasteiger partial charge in [0.2, 0.25) is 5.69 Å². The first-order valence-corrected chi connectivity index (χ1v) is 8.55. The summed E-state index contributed by atoms with van der Waals surface area (Å²) in [5.74, 6) is 0.205. The normalized spacial score (nSPS) is 10.9. The SMILES string of the molecule is N#Cc1ncoc1N/N=C/c1cn(-c2ccccc2)nc1-c1cccs1. The summed E-state index contributed by atoms with van der Waals surface area (Å²) in [5, 5.41) is 19.8. The summed E-state index contributed by atoms with van der Waals surface area (Å²) in [6.07, 6.45) is 4.74. The highest BCUT2D eigenvalue weighted by Crippen LogP contribution is 2.27. The lowest BCUT2D eigenvalue weighted by Gasteiger charge is -1.98. The zero-order chi connectivity index (χ0) is 17.8. The molecule has 0 amide bonds. The van der Waals surface area contributed by atoms with Crippen molar-refractivity contribution in [3.63, 3.8) is 0 Å². The van der Waals surface area contributed by atoms with Crippen LogP contribution in [0.5, 0.6) is 0 Å². The van der Waals surface area contributed by atoms with Crippen molar-refractivity contribution in [3.05, 3.63) is 71.7 Å². The van der Waals surface area contributed by atoms with E-state index < -0.39 is 0 Å². The molecular weight excluding hydrogens is 348 g/mol. The minimum atomic E-state index is 0.153. The molecule has 0 spiro atoms. The molecule has 3 heterocycles. The highest BCUT2D eigenvalue weighted by atomic mass is 32.1. The van der Waals surface area contributed by atoms with Crippen molar-refractivity contribution in [2.45, 2.75) is 0 Å². The van der Waals surface area contributed by atoms with Crippen molar-refractivity contribution in [1.82, 2.24) is 14.8 Å². The molecule has 8 heteroatoms. The lowest BCUT2D eigenvalue weighted by Crippen LogP contribution is -1.93. The van der Waals surface area contributed by atoms with Crippen LogP contribution in [0.4, 0.5) is 5.88 Å². The summed E-state index contributed by atoms with van der Waals surface area (Å²) >= 11 is 1.61. The van der Waals surface area contributed by atoms with Crippen molar-refractivity contribution >= 4 is 23.4 Å². The second kappa shape index (κ2) is 7.04. The van der Waals surface area contributed by atoms with Gasteiger partial charge in [0.25, 0.3) is 5.88 Å². The molecular formula is C18H12N6OS. The van der Waals surface area contributed by atoms with E-state index in [0.29, 0.717) is 0 Å². The first-order valence-electron chi connectivity index (χ1n) is 7.67. The molecule has 0 aliphatic rings. The summed E-state index contributed by atoms with van der Waals surface area (Å²) in [7, 11) is 0. The van der Waals surface area contributed by atoms with Crippen LogP contribution in [0.2, 0.25) is 0 Å². The first kappa shape index (κ1) is 15.8. The molecule has 0 fully saturated rings. The second-order valence-electron chi connectivity index (χ2n) is 5.20. The van der Waals surface area contributed by atoms with Crippen molar-refractivity contribution < 1.29 is 4.42 Å². The van der Waals surface area contributed by atoms with Crippen LogP contribution in [-0.4, -0.2) is 21.0 Å². The molecule has 0 radical (unpaired) electrons. The van der Waals surface area contributed by atoms with Crippen LogP contribution in [0.15, 0.2) is 70.0 Å². The Morgan fingerprint density at radius 2 is 2.12 bits per heavy atom. The lowest BCUT2D eigenvalue weighted by molar-refractivity contribution is 0.570. The summed E-state index contributed by atoms with van der Waals surface area (Å²) in [5.41, 5.74) is 5.47. The molecule has 0 aliphatic heterocycles. The highest BCUT2D eigenvalue weighted by molar-refractivity contribution is 7.13. The third-order valence-electron chi connectivity index (χ3n) is 3.56. The Morgan fingerprint density at radius 3 is 2.88 bits per heavy atom. The summed E-state index contributed by atoms with van der Waals surface area (Å²) in [4.78, 5) is 4.82. The largest absolute Gasteiger partial charge is 0.425 e. The number of nitrogens with zero attached hydrogens (tertiary/aromatic N) is 5. The highest BCUT2D eigenvalue weighted by Gasteiger charge is 2.12. The molecule has 0 atom stereocenters. The third-order valence-corrected chi connectivity index (χ3v) is 4.44. The van der Waals surface area contributed by atoms with Crippen LogP contribution in [0, 0.1) is 11.3 Å². The Kier molecular flexibility index (Phi) is 4.28. The molecule has 4 rings (SSSR count). The van der Waals surface area contributed by atoms with Gasteiger partial charge in [-0.1, -0.05) is 24.3 Å². The number of para-hydroxylation sites is 1. The molecule has 1 N–H and O–H groups in total. The molecule has 1 aromatic carbocycles. The Labute approximate surface area is 152 Å². The number of thiophene rings is 1. The average molecular weight is 360 g/mol. The topological polar surface area (TPSA) is 92.0 Å². The summed E-state index contributed by atoms with van der Waals surface area (Å²) in [6, 6.07) is 15.8. The monoisotopic (exact) mass is 360 g/mol. The number of aromatic nitrogens is 3. The van der Waals surface area contributed by atoms with Gasteiger partial charge in [0, 0.05) is 11.8 Å². The zero-order valence-corrected chi connectivity index (χ0v) is 14.2. The molecule has 0 saturated carbocycles. The minimum Gasteiger partial charge on any atom is -0.425 e.